The summed E-state index contributed by atoms with van der Waals surface area (Å²) in [6, 6.07) is 1.25. The Labute approximate surface area is 143 Å². The zero-order valence-electron chi connectivity index (χ0n) is 10.8. The van der Waals surface area contributed by atoms with Crippen molar-refractivity contribution in [3.63, 3.8) is 0 Å². The number of nitrogens with zero attached hydrogens (tertiary/aromatic N) is 1. The van der Waals surface area contributed by atoms with Crippen LogP contribution in [0.2, 0.25) is 10.0 Å². The van der Waals surface area contributed by atoms with Gasteiger partial charge in [-0.25, -0.2) is 13.2 Å². The van der Waals surface area contributed by atoms with Crippen molar-refractivity contribution < 1.29 is 13.2 Å². The molecule has 1 N–H and O–H groups in total. The summed E-state index contributed by atoms with van der Waals surface area (Å²) in [5, 5.41) is 2.84. The van der Waals surface area contributed by atoms with Crippen molar-refractivity contribution in [3.05, 3.63) is 33.6 Å². The smallest absolute Gasteiger partial charge is 0.258 e. The van der Waals surface area contributed by atoms with Crippen LogP contribution in [0, 0.1) is 5.82 Å². The summed E-state index contributed by atoms with van der Waals surface area (Å²) in [6.07, 6.45) is -2.73. The Morgan fingerprint density at radius 3 is 2.10 bits per heavy atom. The number of nitrogens with one attached hydrogen (secondary N) is 1. The molecule has 0 amide bonds. The Kier molecular flexibility index (Phi) is 9.32. The van der Waals surface area contributed by atoms with E-state index >= 15 is 0 Å². The lowest BCUT2D eigenvalue weighted by molar-refractivity contribution is 0.0164. The summed E-state index contributed by atoms with van der Waals surface area (Å²) in [5.41, 5.74) is -0.217. The zero-order chi connectivity index (χ0) is 14.0. The first kappa shape index (κ1) is 21.1. The van der Waals surface area contributed by atoms with Gasteiger partial charge in [0, 0.05) is 36.8 Å². The minimum atomic E-state index is -2.73. The molecule has 1 aliphatic rings. The SMILES string of the molecule is Cl.Cl.Fc1c(Cl)ccc(Cl)c1[C@@H](C(F)F)N1CCNCC1. The van der Waals surface area contributed by atoms with Gasteiger partial charge in [0.15, 0.2) is 0 Å². The summed E-state index contributed by atoms with van der Waals surface area (Å²) in [6.45, 7) is 2.00. The van der Waals surface area contributed by atoms with Crippen molar-refractivity contribution in [2.75, 3.05) is 26.2 Å². The van der Waals surface area contributed by atoms with Crippen LogP contribution >= 0.6 is 48.0 Å². The topological polar surface area (TPSA) is 15.3 Å². The summed E-state index contributed by atoms with van der Waals surface area (Å²) >= 11 is 11.5. The van der Waals surface area contributed by atoms with E-state index in [1.54, 1.807) is 0 Å². The van der Waals surface area contributed by atoms with Gasteiger partial charge in [0.2, 0.25) is 0 Å². The highest BCUT2D eigenvalue weighted by molar-refractivity contribution is 6.33. The number of alkyl halides is 2. The Bertz CT molecular complexity index is 456. The van der Waals surface area contributed by atoms with Crippen LogP contribution in [0.15, 0.2) is 12.1 Å². The normalized spacial score (nSPS) is 17.0. The Balaban J connectivity index is 0.00000200. The van der Waals surface area contributed by atoms with E-state index in [4.69, 9.17) is 23.2 Å². The lowest BCUT2D eigenvalue weighted by Gasteiger charge is -2.35. The van der Waals surface area contributed by atoms with E-state index in [0.717, 1.165) is 0 Å². The molecule has 1 aromatic rings. The minimum Gasteiger partial charge on any atom is -0.314 e. The summed E-state index contributed by atoms with van der Waals surface area (Å²) in [4.78, 5) is 1.53. The fourth-order valence-corrected chi connectivity index (χ4v) is 2.66. The van der Waals surface area contributed by atoms with E-state index in [0.29, 0.717) is 26.2 Å². The van der Waals surface area contributed by atoms with Gasteiger partial charge >= 0.3 is 0 Å². The third-order valence-electron chi connectivity index (χ3n) is 3.16. The summed E-state index contributed by atoms with van der Waals surface area (Å²) in [5.74, 6) is -0.863. The van der Waals surface area contributed by atoms with E-state index in [1.165, 1.54) is 17.0 Å². The standard InChI is InChI=1S/C12H13Cl2F3N2.2ClH/c13-7-1-2-8(14)10(15)9(7)11(12(16)17)19-5-3-18-4-6-19;;/h1-2,11-12,18H,3-6H2;2*1H/t11-;;/m0../s1. The summed E-state index contributed by atoms with van der Waals surface area (Å²) in [7, 11) is 0. The van der Waals surface area contributed by atoms with Crippen molar-refractivity contribution in [2.45, 2.75) is 12.5 Å². The lowest BCUT2D eigenvalue weighted by Crippen LogP contribution is -2.47. The Morgan fingerprint density at radius 2 is 1.57 bits per heavy atom. The van der Waals surface area contributed by atoms with Crippen LogP contribution < -0.4 is 5.32 Å². The zero-order valence-corrected chi connectivity index (χ0v) is 13.9. The Morgan fingerprint density at radius 1 is 1.05 bits per heavy atom. The molecule has 0 radical (unpaired) electrons. The molecule has 0 spiro atoms. The van der Waals surface area contributed by atoms with E-state index in [-0.39, 0.29) is 40.4 Å². The number of benzene rings is 1. The van der Waals surface area contributed by atoms with Crippen LogP contribution in [-0.2, 0) is 0 Å². The van der Waals surface area contributed by atoms with E-state index in [9.17, 15) is 13.2 Å². The van der Waals surface area contributed by atoms with E-state index < -0.39 is 18.3 Å². The molecule has 0 bridgehead atoms. The first-order chi connectivity index (χ1) is 9.02. The van der Waals surface area contributed by atoms with Crippen molar-refractivity contribution in [2.24, 2.45) is 0 Å². The molecule has 122 valence electrons. The number of rotatable bonds is 3. The molecule has 1 fully saturated rings. The van der Waals surface area contributed by atoms with Crippen LogP contribution in [-0.4, -0.2) is 37.5 Å². The maximum absolute atomic E-state index is 14.0. The number of hydrogen-bond acceptors (Lipinski definition) is 2. The molecular weight excluding hydrogens is 371 g/mol. The van der Waals surface area contributed by atoms with Crippen LogP contribution in [0.5, 0.6) is 0 Å². The van der Waals surface area contributed by atoms with Crippen LogP contribution in [0.25, 0.3) is 0 Å². The van der Waals surface area contributed by atoms with Gasteiger partial charge in [-0.05, 0) is 12.1 Å². The minimum absolute atomic E-state index is 0. The second-order valence-electron chi connectivity index (χ2n) is 4.32. The van der Waals surface area contributed by atoms with Crippen LogP contribution in [0.4, 0.5) is 13.2 Å². The molecule has 0 aliphatic carbocycles. The molecule has 1 atom stereocenters. The van der Waals surface area contributed by atoms with Gasteiger partial charge in [-0.2, -0.15) is 0 Å². The average Bonchev–Trinajstić information content (AvgIpc) is 2.39. The van der Waals surface area contributed by atoms with Crippen molar-refractivity contribution in [1.82, 2.24) is 10.2 Å². The number of halogens is 7. The molecule has 9 heteroatoms. The van der Waals surface area contributed by atoms with E-state index in [2.05, 4.69) is 5.32 Å². The highest BCUT2D eigenvalue weighted by Gasteiger charge is 2.34. The third-order valence-corrected chi connectivity index (χ3v) is 3.78. The molecule has 0 saturated carbocycles. The second kappa shape index (κ2) is 9.28. The largest absolute Gasteiger partial charge is 0.314 e. The third kappa shape index (κ3) is 4.78. The molecule has 0 aromatic heterocycles. The number of hydrogen-bond donors (Lipinski definition) is 1. The van der Waals surface area contributed by atoms with Gasteiger partial charge in [0.1, 0.15) is 11.9 Å². The Hall–Kier alpha value is 0.0900. The second-order valence-corrected chi connectivity index (χ2v) is 5.14. The van der Waals surface area contributed by atoms with Gasteiger partial charge in [0.05, 0.1) is 5.02 Å². The molecule has 1 heterocycles. The lowest BCUT2D eigenvalue weighted by atomic mass is 10.0. The highest BCUT2D eigenvalue weighted by Crippen LogP contribution is 2.37. The maximum atomic E-state index is 14.0. The van der Waals surface area contributed by atoms with Crippen LogP contribution in [0.1, 0.15) is 11.6 Å². The highest BCUT2D eigenvalue weighted by atomic mass is 35.5. The van der Waals surface area contributed by atoms with E-state index in [1.807, 2.05) is 0 Å². The van der Waals surface area contributed by atoms with Gasteiger partial charge in [-0.1, -0.05) is 23.2 Å². The van der Waals surface area contributed by atoms with Crippen molar-refractivity contribution >= 4 is 48.0 Å². The number of piperazine rings is 1. The molecular formula is C12H15Cl4F3N2. The fraction of sp³-hybridized carbons (Fsp3) is 0.500. The molecule has 21 heavy (non-hydrogen) atoms. The molecule has 1 saturated heterocycles. The summed E-state index contributed by atoms with van der Waals surface area (Å²) < 4.78 is 40.7. The monoisotopic (exact) mass is 384 g/mol. The average molecular weight is 386 g/mol. The maximum Gasteiger partial charge on any atom is 0.258 e. The van der Waals surface area contributed by atoms with Crippen molar-refractivity contribution in [3.8, 4) is 0 Å². The molecule has 2 rings (SSSR count). The van der Waals surface area contributed by atoms with Crippen molar-refractivity contribution in [1.29, 1.82) is 0 Å². The van der Waals surface area contributed by atoms with Crippen LogP contribution in [0.3, 0.4) is 0 Å². The molecule has 1 aromatic carbocycles. The fourth-order valence-electron chi connectivity index (χ4n) is 2.24. The van der Waals surface area contributed by atoms with Gasteiger partial charge in [-0.3, -0.25) is 4.90 Å². The first-order valence-corrected chi connectivity index (χ1v) is 6.64. The predicted octanol–water partition coefficient (Wildman–Crippen LogP) is 4.19. The van der Waals surface area contributed by atoms with Gasteiger partial charge < -0.3 is 5.32 Å². The molecule has 2 nitrogen and oxygen atoms in total. The first-order valence-electron chi connectivity index (χ1n) is 5.88. The molecule has 0 unspecified atom stereocenters. The quantitative estimate of drug-likeness (QED) is 0.785. The van der Waals surface area contributed by atoms with Gasteiger partial charge in [0.25, 0.3) is 6.43 Å². The predicted molar refractivity (Wildman–Crippen MR) is 84.1 cm³/mol. The van der Waals surface area contributed by atoms with Gasteiger partial charge in [-0.15, -0.1) is 24.8 Å². The molecule has 1 aliphatic heterocycles.